The fraction of sp³-hybridized carbons (Fsp3) is 0.529. The minimum absolute atomic E-state index is 0.816. The number of likely N-dealkylation sites (tertiary alicyclic amines) is 1. The first-order valence-corrected chi connectivity index (χ1v) is 7.76. The van der Waals surface area contributed by atoms with Crippen molar-refractivity contribution in [2.75, 3.05) is 26.7 Å². The zero-order chi connectivity index (χ0) is 13.9. The van der Waals surface area contributed by atoms with Gasteiger partial charge in [0.2, 0.25) is 0 Å². The van der Waals surface area contributed by atoms with Crippen LogP contribution in [0.2, 0.25) is 0 Å². The molecule has 3 rings (SSSR count). The van der Waals surface area contributed by atoms with Crippen molar-refractivity contribution in [2.24, 2.45) is 5.92 Å². The molecule has 1 aromatic heterocycles. The van der Waals surface area contributed by atoms with E-state index in [1.54, 1.807) is 0 Å². The number of hydrogen-bond acceptors (Lipinski definition) is 2. The second kappa shape index (κ2) is 5.98. The molecular formula is C17H25N3. The highest BCUT2D eigenvalue weighted by atomic mass is 15.1. The Hall–Kier alpha value is -1.32. The molecule has 3 heteroatoms. The summed E-state index contributed by atoms with van der Waals surface area (Å²) in [6.45, 7) is 6.89. The lowest BCUT2D eigenvalue weighted by Gasteiger charge is -2.15. The maximum absolute atomic E-state index is 3.48. The minimum Gasteiger partial charge on any atom is -0.361 e. The monoisotopic (exact) mass is 271 g/mol. The van der Waals surface area contributed by atoms with Gasteiger partial charge in [0.25, 0.3) is 0 Å². The van der Waals surface area contributed by atoms with Crippen LogP contribution in [0.1, 0.15) is 24.5 Å². The Labute approximate surface area is 121 Å². The first-order chi connectivity index (χ1) is 9.81. The van der Waals surface area contributed by atoms with E-state index in [2.05, 4.69) is 53.6 Å². The molecule has 1 saturated heterocycles. The third-order valence-corrected chi connectivity index (χ3v) is 4.53. The van der Waals surface area contributed by atoms with Gasteiger partial charge in [0.1, 0.15) is 0 Å². The summed E-state index contributed by atoms with van der Waals surface area (Å²) in [6.07, 6.45) is 4.61. The predicted molar refractivity (Wildman–Crippen MR) is 85.0 cm³/mol. The first kappa shape index (κ1) is 13.7. The van der Waals surface area contributed by atoms with Crippen LogP contribution in [-0.4, -0.2) is 36.6 Å². The second-order valence-electron chi connectivity index (χ2n) is 5.95. The van der Waals surface area contributed by atoms with Gasteiger partial charge in [-0.2, -0.15) is 0 Å². The number of benzene rings is 1. The van der Waals surface area contributed by atoms with Crippen molar-refractivity contribution in [3.05, 3.63) is 35.5 Å². The van der Waals surface area contributed by atoms with Gasteiger partial charge in [-0.25, -0.2) is 0 Å². The first-order valence-electron chi connectivity index (χ1n) is 7.76. The van der Waals surface area contributed by atoms with Gasteiger partial charge < -0.3 is 10.3 Å². The van der Waals surface area contributed by atoms with E-state index in [4.69, 9.17) is 0 Å². The van der Waals surface area contributed by atoms with E-state index >= 15 is 0 Å². The van der Waals surface area contributed by atoms with E-state index in [1.165, 1.54) is 41.5 Å². The largest absolute Gasteiger partial charge is 0.361 e. The molecule has 1 aliphatic heterocycles. The highest BCUT2D eigenvalue weighted by Crippen LogP contribution is 2.25. The lowest BCUT2D eigenvalue weighted by atomic mass is 10.1. The summed E-state index contributed by atoms with van der Waals surface area (Å²) in [4.78, 5) is 6.07. The molecule has 1 atom stereocenters. The topological polar surface area (TPSA) is 31.1 Å². The molecule has 2 N–H and O–H groups in total. The van der Waals surface area contributed by atoms with Crippen LogP contribution in [0.15, 0.2) is 24.4 Å². The van der Waals surface area contributed by atoms with Gasteiger partial charge in [0, 0.05) is 30.2 Å². The Balaban J connectivity index is 1.75. The summed E-state index contributed by atoms with van der Waals surface area (Å²) in [5.74, 6) is 0.816. The number of aromatic amines is 1. The summed E-state index contributed by atoms with van der Waals surface area (Å²) in [7, 11) is 2.05. The summed E-state index contributed by atoms with van der Waals surface area (Å²) in [5.41, 5.74) is 4.19. The zero-order valence-corrected chi connectivity index (χ0v) is 12.6. The van der Waals surface area contributed by atoms with E-state index in [1.807, 2.05) is 0 Å². The van der Waals surface area contributed by atoms with Crippen LogP contribution in [0.25, 0.3) is 10.9 Å². The molecule has 2 heterocycles. The third kappa shape index (κ3) is 2.60. The number of nitrogens with one attached hydrogen (secondary N) is 2. The molecule has 108 valence electrons. The number of H-pyrrole nitrogens is 1. The number of nitrogens with zero attached hydrogens (tertiary/aromatic N) is 1. The SMILES string of the molecule is CCc1cccc2c(CN3CCC(CNC)C3)c[nH]c12. The molecule has 0 spiro atoms. The standard InChI is InChI=1S/C17H25N3/c1-3-14-5-4-6-16-15(10-19-17(14)16)12-20-8-7-13(11-20)9-18-2/h4-6,10,13,18-19H,3,7-9,11-12H2,1-2H3. The number of aromatic nitrogens is 1. The van der Waals surface area contributed by atoms with Crippen LogP contribution < -0.4 is 5.32 Å². The van der Waals surface area contributed by atoms with Gasteiger partial charge in [-0.3, -0.25) is 4.90 Å². The Morgan fingerprint density at radius 1 is 1.35 bits per heavy atom. The van der Waals surface area contributed by atoms with E-state index in [0.717, 1.165) is 25.4 Å². The van der Waals surface area contributed by atoms with Crippen molar-refractivity contribution in [1.82, 2.24) is 15.2 Å². The number of rotatable bonds is 5. The molecule has 0 amide bonds. The smallest absolute Gasteiger partial charge is 0.0489 e. The van der Waals surface area contributed by atoms with Gasteiger partial charge in [0.05, 0.1) is 0 Å². The van der Waals surface area contributed by atoms with Crippen LogP contribution in [0.5, 0.6) is 0 Å². The van der Waals surface area contributed by atoms with E-state index in [9.17, 15) is 0 Å². The van der Waals surface area contributed by atoms with Gasteiger partial charge >= 0.3 is 0 Å². The van der Waals surface area contributed by atoms with Crippen molar-refractivity contribution in [1.29, 1.82) is 0 Å². The normalized spacial score (nSPS) is 20.0. The van der Waals surface area contributed by atoms with Gasteiger partial charge in [-0.1, -0.05) is 25.1 Å². The molecule has 0 aliphatic carbocycles. The molecule has 1 aliphatic rings. The molecule has 3 nitrogen and oxygen atoms in total. The average molecular weight is 271 g/mol. The van der Waals surface area contributed by atoms with Crippen molar-refractivity contribution in [2.45, 2.75) is 26.3 Å². The highest BCUT2D eigenvalue weighted by molar-refractivity contribution is 5.86. The molecule has 1 unspecified atom stereocenters. The number of aryl methyl sites for hydroxylation is 1. The summed E-state index contributed by atoms with van der Waals surface area (Å²) >= 11 is 0. The second-order valence-corrected chi connectivity index (χ2v) is 5.95. The van der Waals surface area contributed by atoms with Gasteiger partial charge in [-0.15, -0.1) is 0 Å². The predicted octanol–water partition coefficient (Wildman–Crippen LogP) is 2.77. The van der Waals surface area contributed by atoms with Crippen molar-refractivity contribution < 1.29 is 0 Å². The molecule has 20 heavy (non-hydrogen) atoms. The van der Waals surface area contributed by atoms with Crippen molar-refractivity contribution >= 4 is 10.9 Å². The van der Waals surface area contributed by atoms with Crippen LogP contribution in [0, 0.1) is 5.92 Å². The summed E-state index contributed by atoms with van der Waals surface area (Å²) in [5, 5.41) is 4.71. The van der Waals surface area contributed by atoms with Crippen molar-refractivity contribution in [3.8, 4) is 0 Å². The van der Waals surface area contributed by atoms with Gasteiger partial charge in [0.15, 0.2) is 0 Å². The van der Waals surface area contributed by atoms with E-state index < -0.39 is 0 Å². The Morgan fingerprint density at radius 2 is 2.25 bits per heavy atom. The number of fused-ring (bicyclic) bond motifs is 1. The number of para-hydroxylation sites is 1. The third-order valence-electron chi connectivity index (χ3n) is 4.53. The molecule has 1 aromatic carbocycles. The molecule has 0 saturated carbocycles. The van der Waals surface area contributed by atoms with E-state index in [-0.39, 0.29) is 0 Å². The molecule has 0 bridgehead atoms. The maximum Gasteiger partial charge on any atom is 0.0489 e. The number of hydrogen-bond donors (Lipinski definition) is 2. The van der Waals surface area contributed by atoms with Crippen LogP contribution >= 0.6 is 0 Å². The maximum atomic E-state index is 3.48. The summed E-state index contributed by atoms with van der Waals surface area (Å²) < 4.78 is 0. The molecule has 0 radical (unpaired) electrons. The van der Waals surface area contributed by atoms with Crippen LogP contribution in [0.4, 0.5) is 0 Å². The van der Waals surface area contributed by atoms with Crippen molar-refractivity contribution in [3.63, 3.8) is 0 Å². The molecule has 2 aromatic rings. The lowest BCUT2D eigenvalue weighted by molar-refractivity contribution is 0.316. The Kier molecular flexibility index (Phi) is 4.08. The fourth-order valence-corrected chi connectivity index (χ4v) is 3.45. The minimum atomic E-state index is 0.816. The lowest BCUT2D eigenvalue weighted by Crippen LogP contribution is -2.24. The van der Waals surface area contributed by atoms with Crippen LogP contribution in [0.3, 0.4) is 0 Å². The van der Waals surface area contributed by atoms with Gasteiger partial charge in [-0.05, 0) is 50.0 Å². The van der Waals surface area contributed by atoms with Crippen LogP contribution in [-0.2, 0) is 13.0 Å². The quantitative estimate of drug-likeness (QED) is 0.876. The average Bonchev–Trinajstić information content (AvgIpc) is 3.07. The molecule has 1 fully saturated rings. The highest BCUT2D eigenvalue weighted by Gasteiger charge is 2.22. The zero-order valence-electron chi connectivity index (χ0n) is 12.6. The molecular weight excluding hydrogens is 246 g/mol. The summed E-state index contributed by atoms with van der Waals surface area (Å²) in [6, 6.07) is 6.66. The van der Waals surface area contributed by atoms with E-state index in [0.29, 0.717) is 0 Å². The fourth-order valence-electron chi connectivity index (χ4n) is 3.45. The Morgan fingerprint density at radius 3 is 3.05 bits per heavy atom. The Bertz CT molecular complexity index is 573.